The lowest BCUT2D eigenvalue weighted by Gasteiger charge is -2.34. The van der Waals surface area contributed by atoms with Gasteiger partial charge in [0.25, 0.3) is 0 Å². The largest absolute Gasteiger partial charge is 0.481 e. The second kappa shape index (κ2) is 8.87. The van der Waals surface area contributed by atoms with Crippen molar-refractivity contribution in [1.82, 2.24) is 4.90 Å². The van der Waals surface area contributed by atoms with E-state index in [-0.39, 0.29) is 17.6 Å². The minimum absolute atomic E-state index is 0.0104. The Morgan fingerprint density at radius 3 is 2.42 bits per heavy atom. The van der Waals surface area contributed by atoms with Crippen LogP contribution in [-0.2, 0) is 14.3 Å². The fraction of sp³-hybridized carbons (Fsp3) is 0.300. The van der Waals surface area contributed by atoms with Crippen LogP contribution in [0.5, 0.6) is 0 Å². The Hall–Kier alpha value is -2.31. The van der Waals surface area contributed by atoms with Gasteiger partial charge in [0.1, 0.15) is 5.25 Å². The summed E-state index contributed by atoms with van der Waals surface area (Å²) in [5.41, 5.74) is 0.938. The second-order valence-electron chi connectivity index (χ2n) is 6.10. The van der Waals surface area contributed by atoms with Gasteiger partial charge in [0.05, 0.1) is 19.1 Å². The van der Waals surface area contributed by atoms with E-state index in [4.69, 9.17) is 9.84 Å². The van der Waals surface area contributed by atoms with Crippen molar-refractivity contribution >= 4 is 23.6 Å². The molecule has 2 aromatic rings. The van der Waals surface area contributed by atoms with Gasteiger partial charge >= 0.3 is 5.97 Å². The molecule has 0 spiro atoms. The summed E-state index contributed by atoms with van der Waals surface area (Å²) in [6, 6.07) is 19.5. The van der Waals surface area contributed by atoms with Gasteiger partial charge in [-0.3, -0.25) is 9.59 Å². The van der Waals surface area contributed by atoms with E-state index in [1.165, 1.54) is 11.8 Å². The molecular formula is C20H21NO4S. The summed E-state index contributed by atoms with van der Waals surface area (Å²) >= 11 is 1.51. The van der Waals surface area contributed by atoms with Crippen LogP contribution in [0.2, 0.25) is 0 Å². The van der Waals surface area contributed by atoms with Crippen LogP contribution in [0.25, 0.3) is 0 Å². The maximum atomic E-state index is 13.2. The average Bonchev–Trinajstić information content (AvgIpc) is 2.67. The third-order valence-electron chi connectivity index (χ3n) is 4.18. The number of hydrogen-bond acceptors (Lipinski definition) is 4. The van der Waals surface area contributed by atoms with Crippen LogP contribution in [0.1, 0.15) is 17.2 Å². The van der Waals surface area contributed by atoms with E-state index in [0.717, 1.165) is 10.5 Å². The number of thioether (sulfide) groups is 1. The highest BCUT2D eigenvalue weighted by atomic mass is 32.2. The molecule has 3 rings (SSSR count). The first kappa shape index (κ1) is 18.5. The van der Waals surface area contributed by atoms with Crippen molar-refractivity contribution in [1.29, 1.82) is 0 Å². The Bertz CT molecular complexity index is 738. The molecule has 1 aliphatic heterocycles. The molecule has 6 heteroatoms. The van der Waals surface area contributed by atoms with Gasteiger partial charge in [0, 0.05) is 18.0 Å². The van der Waals surface area contributed by atoms with Crippen LogP contribution in [0, 0.1) is 0 Å². The Morgan fingerprint density at radius 1 is 1.12 bits per heavy atom. The zero-order valence-corrected chi connectivity index (χ0v) is 15.1. The fourth-order valence-electron chi connectivity index (χ4n) is 2.93. The predicted molar refractivity (Wildman–Crippen MR) is 100 cm³/mol. The molecule has 0 aromatic heterocycles. The maximum Gasteiger partial charge on any atom is 0.306 e. The van der Waals surface area contributed by atoms with E-state index in [0.29, 0.717) is 19.7 Å². The van der Waals surface area contributed by atoms with Gasteiger partial charge in [-0.15, -0.1) is 11.8 Å². The van der Waals surface area contributed by atoms with Crippen LogP contribution in [0.15, 0.2) is 65.6 Å². The number of amides is 1. The number of rotatable bonds is 6. The van der Waals surface area contributed by atoms with Gasteiger partial charge < -0.3 is 14.7 Å². The number of carboxylic acid groups (broad SMARTS) is 1. The smallest absolute Gasteiger partial charge is 0.306 e. The van der Waals surface area contributed by atoms with Gasteiger partial charge in [-0.2, -0.15) is 0 Å². The molecule has 2 atom stereocenters. The third-order valence-corrected chi connectivity index (χ3v) is 5.43. The van der Waals surface area contributed by atoms with E-state index >= 15 is 0 Å². The summed E-state index contributed by atoms with van der Waals surface area (Å²) in [6.07, 6.45) is -0.547. The van der Waals surface area contributed by atoms with Gasteiger partial charge in [-0.25, -0.2) is 0 Å². The minimum Gasteiger partial charge on any atom is -0.481 e. The normalized spacial score (nSPS) is 18.3. The van der Waals surface area contributed by atoms with E-state index in [9.17, 15) is 9.59 Å². The summed E-state index contributed by atoms with van der Waals surface area (Å²) in [6.45, 7) is 1.15. The highest BCUT2D eigenvalue weighted by molar-refractivity contribution is 8.00. The van der Waals surface area contributed by atoms with Gasteiger partial charge in [-0.05, 0) is 17.7 Å². The number of ether oxygens (including phenoxy) is 1. The number of hydrogen-bond donors (Lipinski definition) is 1. The molecule has 1 heterocycles. The van der Waals surface area contributed by atoms with Crippen molar-refractivity contribution in [3.8, 4) is 0 Å². The van der Waals surface area contributed by atoms with Crippen LogP contribution >= 0.6 is 11.8 Å². The molecule has 2 aromatic carbocycles. The number of carbonyl (C=O) groups excluding carboxylic acids is 1. The molecule has 26 heavy (non-hydrogen) atoms. The number of nitrogens with zero attached hydrogens (tertiary/aromatic N) is 1. The Labute approximate surface area is 157 Å². The molecule has 5 nitrogen and oxygen atoms in total. The van der Waals surface area contributed by atoms with Crippen molar-refractivity contribution in [2.45, 2.75) is 22.7 Å². The first-order chi connectivity index (χ1) is 12.6. The Kier molecular flexibility index (Phi) is 6.30. The minimum atomic E-state index is -0.914. The number of benzene rings is 2. The molecule has 2 unspecified atom stereocenters. The molecule has 1 fully saturated rings. The molecule has 0 bridgehead atoms. The van der Waals surface area contributed by atoms with E-state index in [2.05, 4.69) is 0 Å². The lowest BCUT2D eigenvalue weighted by Crippen LogP contribution is -2.47. The number of carboxylic acids is 1. The molecular weight excluding hydrogens is 350 g/mol. The molecule has 1 saturated heterocycles. The first-order valence-electron chi connectivity index (χ1n) is 8.52. The topological polar surface area (TPSA) is 66.8 Å². The maximum absolute atomic E-state index is 13.2. The zero-order valence-electron chi connectivity index (χ0n) is 14.3. The van der Waals surface area contributed by atoms with E-state index in [1.54, 1.807) is 4.90 Å². The standard InChI is InChI=1S/C20H21NO4S/c22-18(23)13-16-14-21(11-12-25-16)20(24)19(15-7-3-1-4-8-15)26-17-9-5-2-6-10-17/h1-10,16,19H,11-14H2,(H,22,23). The Balaban J connectivity index is 1.79. The van der Waals surface area contributed by atoms with Gasteiger partial charge in [0.15, 0.2) is 0 Å². The highest BCUT2D eigenvalue weighted by Gasteiger charge is 2.31. The van der Waals surface area contributed by atoms with Gasteiger partial charge in [0.2, 0.25) is 5.91 Å². The van der Waals surface area contributed by atoms with Crippen molar-refractivity contribution in [3.63, 3.8) is 0 Å². The van der Waals surface area contributed by atoms with Crippen molar-refractivity contribution in [3.05, 3.63) is 66.2 Å². The lowest BCUT2D eigenvalue weighted by molar-refractivity contribution is -0.147. The van der Waals surface area contributed by atoms with Crippen LogP contribution in [-0.4, -0.2) is 47.7 Å². The number of aliphatic carboxylic acids is 1. The molecule has 136 valence electrons. The number of carbonyl (C=O) groups is 2. The highest BCUT2D eigenvalue weighted by Crippen LogP contribution is 2.37. The molecule has 0 radical (unpaired) electrons. The molecule has 0 saturated carbocycles. The van der Waals surface area contributed by atoms with Crippen LogP contribution < -0.4 is 0 Å². The van der Waals surface area contributed by atoms with Crippen molar-refractivity contribution < 1.29 is 19.4 Å². The summed E-state index contributed by atoms with van der Waals surface area (Å²) in [7, 11) is 0. The molecule has 1 aliphatic rings. The van der Waals surface area contributed by atoms with Crippen molar-refractivity contribution in [2.24, 2.45) is 0 Å². The quantitative estimate of drug-likeness (QED) is 0.790. The molecule has 1 N–H and O–H groups in total. The SMILES string of the molecule is O=C(O)CC1CN(C(=O)C(Sc2ccccc2)c2ccccc2)CCO1. The first-order valence-corrected chi connectivity index (χ1v) is 9.40. The summed E-state index contributed by atoms with van der Waals surface area (Å²) in [5.74, 6) is -0.925. The monoisotopic (exact) mass is 371 g/mol. The van der Waals surface area contributed by atoms with Crippen LogP contribution in [0.3, 0.4) is 0 Å². The Morgan fingerprint density at radius 2 is 1.77 bits per heavy atom. The molecule has 1 amide bonds. The fourth-order valence-corrected chi connectivity index (χ4v) is 4.06. The van der Waals surface area contributed by atoms with Crippen LogP contribution in [0.4, 0.5) is 0 Å². The van der Waals surface area contributed by atoms with Crippen molar-refractivity contribution in [2.75, 3.05) is 19.7 Å². The average molecular weight is 371 g/mol. The zero-order chi connectivity index (χ0) is 18.4. The third kappa shape index (κ3) is 4.86. The summed E-state index contributed by atoms with van der Waals surface area (Å²) in [4.78, 5) is 26.9. The molecule has 0 aliphatic carbocycles. The van der Waals surface area contributed by atoms with E-state index < -0.39 is 12.1 Å². The number of morpholine rings is 1. The van der Waals surface area contributed by atoms with E-state index in [1.807, 2.05) is 60.7 Å². The van der Waals surface area contributed by atoms with Gasteiger partial charge in [-0.1, -0.05) is 48.5 Å². The predicted octanol–water partition coefficient (Wildman–Crippen LogP) is 3.22. The second-order valence-corrected chi connectivity index (χ2v) is 7.28. The lowest BCUT2D eigenvalue weighted by atomic mass is 10.1. The summed E-state index contributed by atoms with van der Waals surface area (Å²) < 4.78 is 5.49. The summed E-state index contributed by atoms with van der Waals surface area (Å²) in [5, 5.41) is 8.61.